The van der Waals surface area contributed by atoms with Gasteiger partial charge in [0.2, 0.25) is 11.8 Å². The maximum absolute atomic E-state index is 12.7. The van der Waals surface area contributed by atoms with E-state index in [1.165, 1.54) is 44.9 Å². The molecule has 1 N–H and O–H groups in total. The van der Waals surface area contributed by atoms with Crippen LogP contribution in [0.5, 0.6) is 0 Å². The van der Waals surface area contributed by atoms with Crippen LogP contribution in [0, 0.1) is 5.92 Å². The Kier molecular flexibility index (Phi) is 5.96. The zero-order valence-corrected chi connectivity index (χ0v) is 14.4. The highest BCUT2D eigenvalue weighted by Gasteiger charge is 2.35. The van der Waals surface area contributed by atoms with E-state index in [1.54, 1.807) is 0 Å². The number of rotatable bonds is 3. The molecule has 1 atom stereocenters. The van der Waals surface area contributed by atoms with Gasteiger partial charge < -0.3 is 10.2 Å². The molecule has 4 heteroatoms. The van der Waals surface area contributed by atoms with Gasteiger partial charge in [-0.2, -0.15) is 0 Å². The third-order valence-electron chi connectivity index (χ3n) is 6.03. The van der Waals surface area contributed by atoms with Crippen molar-refractivity contribution in [3.63, 3.8) is 0 Å². The van der Waals surface area contributed by atoms with E-state index < -0.39 is 0 Å². The van der Waals surface area contributed by atoms with Gasteiger partial charge in [0.05, 0.1) is 5.92 Å². The highest BCUT2D eigenvalue weighted by atomic mass is 16.2. The molecule has 1 saturated heterocycles. The maximum atomic E-state index is 12.7. The Morgan fingerprint density at radius 2 is 1.48 bits per heavy atom. The van der Waals surface area contributed by atoms with E-state index in [-0.39, 0.29) is 17.7 Å². The van der Waals surface area contributed by atoms with E-state index in [2.05, 4.69) is 5.32 Å². The number of amides is 2. The first-order valence-corrected chi connectivity index (χ1v) is 9.84. The van der Waals surface area contributed by atoms with Crippen molar-refractivity contribution in [2.45, 2.75) is 95.6 Å². The molecule has 3 fully saturated rings. The summed E-state index contributed by atoms with van der Waals surface area (Å²) in [6.45, 7) is 0.655. The maximum Gasteiger partial charge on any atom is 0.225 e. The quantitative estimate of drug-likeness (QED) is 0.866. The van der Waals surface area contributed by atoms with Gasteiger partial charge in [-0.3, -0.25) is 9.59 Å². The molecule has 1 heterocycles. The van der Waals surface area contributed by atoms with Crippen LogP contribution in [0.3, 0.4) is 0 Å². The summed E-state index contributed by atoms with van der Waals surface area (Å²) in [5, 5.41) is 3.31. The normalized spacial score (nSPS) is 28.4. The summed E-state index contributed by atoms with van der Waals surface area (Å²) in [7, 11) is 0. The van der Waals surface area contributed by atoms with E-state index in [9.17, 15) is 9.59 Å². The minimum Gasteiger partial charge on any atom is -0.353 e. The molecule has 1 aliphatic heterocycles. The molecule has 130 valence electrons. The summed E-state index contributed by atoms with van der Waals surface area (Å²) in [6.07, 6.45) is 14.7. The highest BCUT2D eigenvalue weighted by Crippen LogP contribution is 2.29. The van der Waals surface area contributed by atoms with Crippen LogP contribution in [0.1, 0.15) is 83.5 Å². The van der Waals surface area contributed by atoms with Gasteiger partial charge in [-0.1, -0.05) is 44.9 Å². The van der Waals surface area contributed by atoms with Gasteiger partial charge in [0.25, 0.3) is 0 Å². The van der Waals surface area contributed by atoms with Crippen LogP contribution in [-0.2, 0) is 9.59 Å². The molecule has 2 amide bonds. The SMILES string of the molecule is O=C(NC1CCCCCCC1)C1CCC(=O)N(C2CCCC2)C1. The van der Waals surface area contributed by atoms with E-state index in [1.807, 2.05) is 4.90 Å². The number of nitrogens with zero attached hydrogens (tertiary/aromatic N) is 1. The molecule has 3 aliphatic rings. The number of carbonyl (C=O) groups excluding carboxylic acids is 2. The number of piperidine rings is 1. The van der Waals surface area contributed by atoms with Gasteiger partial charge >= 0.3 is 0 Å². The smallest absolute Gasteiger partial charge is 0.225 e. The van der Waals surface area contributed by atoms with Gasteiger partial charge in [-0.25, -0.2) is 0 Å². The number of hydrogen-bond acceptors (Lipinski definition) is 2. The van der Waals surface area contributed by atoms with Gasteiger partial charge in [0.1, 0.15) is 0 Å². The lowest BCUT2D eigenvalue weighted by atomic mass is 9.93. The van der Waals surface area contributed by atoms with Gasteiger partial charge in [0.15, 0.2) is 0 Å². The third-order valence-corrected chi connectivity index (χ3v) is 6.03. The zero-order valence-electron chi connectivity index (χ0n) is 14.4. The van der Waals surface area contributed by atoms with Crippen LogP contribution in [0.2, 0.25) is 0 Å². The average Bonchev–Trinajstić information content (AvgIpc) is 3.04. The van der Waals surface area contributed by atoms with Crippen molar-refractivity contribution in [1.82, 2.24) is 10.2 Å². The van der Waals surface area contributed by atoms with Crippen molar-refractivity contribution in [1.29, 1.82) is 0 Å². The Labute approximate surface area is 140 Å². The molecule has 0 aromatic heterocycles. The van der Waals surface area contributed by atoms with E-state index >= 15 is 0 Å². The van der Waals surface area contributed by atoms with Gasteiger partial charge in [0, 0.05) is 25.0 Å². The third kappa shape index (κ3) is 4.48. The van der Waals surface area contributed by atoms with E-state index in [0.717, 1.165) is 32.1 Å². The Bertz CT molecular complexity index is 410. The molecular formula is C19H32N2O2. The Morgan fingerprint density at radius 1 is 0.870 bits per heavy atom. The molecule has 0 radical (unpaired) electrons. The van der Waals surface area contributed by atoms with Crippen molar-refractivity contribution in [2.75, 3.05) is 6.54 Å². The zero-order chi connectivity index (χ0) is 16.1. The lowest BCUT2D eigenvalue weighted by Crippen LogP contribution is -2.50. The van der Waals surface area contributed by atoms with Gasteiger partial charge in [-0.05, 0) is 32.1 Å². The topological polar surface area (TPSA) is 49.4 Å². The molecule has 2 aliphatic carbocycles. The van der Waals surface area contributed by atoms with Gasteiger partial charge in [-0.15, -0.1) is 0 Å². The largest absolute Gasteiger partial charge is 0.353 e. The number of carbonyl (C=O) groups is 2. The second-order valence-corrected chi connectivity index (χ2v) is 7.77. The monoisotopic (exact) mass is 320 g/mol. The molecule has 0 spiro atoms. The fourth-order valence-corrected chi connectivity index (χ4v) is 4.57. The molecule has 3 rings (SSSR count). The highest BCUT2D eigenvalue weighted by molar-refractivity contribution is 5.84. The first-order valence-electron chi connectivity index (χ1n) is 9.84. The minimum atomic E-state index is 0.0127. The predicted octanol–water partition coefficient (Wildman–Crippen LogP) is 3.40. The van der Waals surface area contributed by atoms with Crippen LogP contribution in [0.15, 0.2) is 0 Å². The molecule has 0 aromatic carbocycles. The number of likely N-dealkylation sites (tertiary alicyclic amines) is 1. The summed E-state index contributed by atoms with van der Waals surface area (Å²) in [6, 6.07) is 0.764. The molecule has 2 saturated carbocycles. The Hall–Kier alpha value is -1.06. The lowest BCUT2D eigenvalue weighted by Gasteiger charge is -2.36. The Balaban J connectivity index is 1.52. The first kappa shape index (κ1) is 16.8. The van der Waals surface area contributed by atoms with Crippen molar-refractivity contribution < 1.29 is 9.59 Å². The standard InChI is InChI=1S/C19H32N2O2/c22-18-13-12-15(14-21(18)17-10-6-7-11-17)19(23)20-16-8-4-2-1-3-5-9-16/h15-17H,1-14H2,(H,20,23). The molecule has 0 aromatic rings. The van der Waals surface area contributed by atoms with Crippen molar-refractivity contribution >= 4 is 11.8 Å². The fourth-order valence-electron chi connectivity index (χ4n) is 4.57. The molecule has 1 unspecified atom stereocenters. The number of nitrogens with one attached hydrogen (secondary N) is 1. The average molecular weight is 320 g/mol. The van der Waals surface area contributed by atoms with Crippen molar-refractivity contribution in [3.8, 4) is 0 Å². The van der Waals surface area contributed by atoms with Crippen molar-refractivity contribution in [2.24, 2.45) is 5.92 Å². The molecule has 23 heavy (non-hydrogen) atoms. The van der Waals surface area contributed by atoms with E-state index in [0.29, 0.717) is 25.0 Å². The molecule has 0 bridgehead atoms. The Morgan fingerprint density at radius 3 is 2.17 bits per heavy atom. The summed E-state index contributed by atoms with van der Waals surface area (Å²) in [5.41, 5.74) is 0. The van der Waals surface area contributed by atoms with Crippen LogP contribution in [0.4, 0.5) is 0 Å². The summed E-state index contributed by atoms with van der Waals surface area (Å²) in [5.74, 6) is 0.483. The number of hydrogen-bond donors (Lipinski definition) is 1. The van der Waals surface area contributed by atoms with Crippen LogP contribution >= 0.6 is 0 Å². The minimum absolute atomic E-state index is 0.0127. The van der Waals surface area contributed by atoms with Crippen LogP contribution in [0.25, 0.3) is 0 Å². The molecule has 4 nitrogen and oxygen atoms in total. The second kappa shape index (κ2) is 8.16. The summed E-state index contributed by atoms with van der Waals surface area (Å²) in [4.78, 5) is 26.9. The fraction of sp³-hybridized carbons (Fsp3) is 0.895. The first-order chi connectivity index (χ1) is 11.2. The van der Waals surface area contributed by atoms with E-state index in [4.69, 9.17) is 0 Å². The van der Waals surface area contributed by atoms with Crippen LogP contribution in [-0.4, -0.2) is 35.3 Å². The molecular weight excluding hydrogens is 288 g/mol. The summed E-state index contributed by atoms with van der Waals surface area (Å²) < 4.78 is 0. The lowest BCUT2D eigenvalue weighted by molar-refractivity contribution is -0.140. The second-order valence-electron chi connectivity index (χ2n) is 7.77. The predicted molar refractivity (Wildman–Crippen MR) is 90.9 cm³/mol. The van der Waals surface area contributed by atoms with Crippen LogP contribution < -0.4 is 5.32 Å². The van der Waals surface area contributed by atoms with Crippen molar-refractivity contribution in [3.05, 3.63) is 0 Å². The summed E-state index contributed by atoms with van der Waals surface area (Å²) >= 11 is 0.